The van der Waals surface area contributed by atoms with Crippen LogP contribution >= 0.6 is 12.2 Å². The summed E-state index contributed by atoms with van der Waals surface area (Å²) in [4.78, 5) is 35.9. The van der Waals surface area contributed by atoms with Gasteiger partial charge in [-0.1, -0.05) is 6.57 Å². The lowest BCUT2D eigenvalue weighted by Gasteiger charge is -2.43. The summed E-state index contributed by atoms with van der Waals surface area (Å²) in [5.74, 6) is -1.42. The molecule has 2 aliphatic rings. The maximum atomic E-state index is 14.7. The Balaban J connectivity index is 1.75. The summed E-state index contributed by atoms with van der Waals surface area (Å²) in [5, 5.41) is 0.213. The Morgan fingerprint density at radius 1 is 1.35 bits per heavy atom. The average molecular weight is 438 g/mol. The molecule has 1 aliphatic heterocycles. The molecule has 0 bridgehead atoms. The molecule has 4 rings (SSSR count). The molecule has 31 heavy (non-hydrogen) atoms. The van der Waals surface area contributed by atoms with Crippen LogP contribution in [0.4, 0.5) is 21.6 Å². The summed E-state index contributed by atoms with van der Waals surface area (Å²) < 4.78 is 19.6. The van der Waals surface area contributed by atoms with Gasteiger partial charge in [-0.15, -0.1) is 4.98 Å². The fourth-order valence-electron chi connectivity index (χ4n) is 4.02. The van der Waals surface area contributed by atoms with Crippen molar-refractivity contribution in [1.29, 1.82) is 0 Å². The van der Waals surface area contributed by atoms with Crippen molar-refractivity contribution in [1.82, 2.24) is 4.98 Å². The molecule has 158 valence electrons. The highest BCUT2D eigenvalue weighted by Gasteiger charge is 2.59. The quantitative estimate of drug-likeness (QED) is 0.402. The molecule has 1 aromatic heterocycles. The van der Waals surface area contributed by atoms with Crippen LogP contribution < -0.4 is 9.80 Å². The zero-order valence-electron chi connectivity index (χ0n) is 17.0. The molecule has 1 aliphatic carbocycles. The third-order valence-corrected chi connectivity index (χ3v) is 6.06. The molecule has 1 spiro atoms. The number of carbonyl (C=O) groups is 2. The van der Waals surface area contributed by atoms with Crippen LogP contribution in [0.3, 0.4) is 0 Å². The number of hydrogen-bond acceptors (Lipinski definition) is 5. The van der Waals surface area contributed by atoms with E-state index in [1.807, 2.05) is 0 Å². The minimum absolute atomic E-state index is 0.141. The van der Waals surface area contributed by atoms with Gasteiger partial charge in [0, 0.05) is 5.69 Å². The second kappa shape index (κ2) is 7.71. The van der Waals surface area contributed by atoms with Crippen LogP contribution in [0.15, 0.2) is 30.5 Å². The van der Waals surface area contributed by atoms with Crippen molar-refractivity contribution in [2.75, 3.05) is 16.4 Å². The van der Waals surface area contributed by atoms with E-state index >= 15 is 0 Å². The number of halogens is 1. The first kappa shape index (κ1) is 20.9. The van der Waals surface area contributed by atoms with Crippen LogP contribution in [-0.4, -0.2) is 34.1 Å². The molecule has 1 amide bonds. The smallest absolute Gasteiger partial charge is 0.341 e. The maximum absolute atomic E-state index is 14.7. The Morgan fingerprint density at radius 3 is 2.65 bits per heavy atom. The molecule has 0 radical (unpaired) electrons. The van der Waals surface area contributed by atoms with Gasteiger partial charge in [-0.2, -0.15) is 0 Å². The molecule has 2 fully saturated rings. The average Bonchev–Trinajstić information content (AvgIpc) is 2.94. The summed E-state index contributed by atoms with van der Waals surface area (Å²) in [5.41, 5.74) is 0.442. The molecule has 7 nitrogen and oxygen atoms in total. The Kier molecular flexibility index (Phi) is 5.19. The molecule has 1 aromatic carbocycles. The Hall–Kier alpha value is -3.38. The minimum Gasteiger partial charge on any atom is -0.462 e. The van der Waals surface area contributed by atoms with Gasteiger partial charge in [0.2, 0.25) is 0 Å². The van der Waals surface area contributed by atoms with Crippen LogP contribution in [0.25, 0.3) is 4.85 Å². The molecule has 9 heteroatoms. The first-order valence-electron chi connectivity index (χ1n) is 9.83. The van der Waals surface area contributed by atoms with E-state index in [0.29, 0.717) is 29.8 Å². The van der Waals surface area contributed by atoms with Crippen molar-refractivity contribution in [2.24, 2.45) is 0 Å². The van der Waals surface area contributed by atoms with E-state index in [0.717, 1.165) is 6.42 Å². The van der Waals surface area contributed by atoms with Gasteiger partial charge in [-0.25, -0.2) is 9.18 Å². The largest absolute Gasteiger partial charge is 0.462 e. The van der Waals surface area contributed by atoms with E-state index in [1.165, 1.54) is 23.2 Å². The Labute approximate surface area is 184 Å². The van der Waals surface area contributed by atoms with Gasteiger partial charge in [0.25, 0.3) is 11.7 Å². The number of carbonyl (C=O) groups excluding carboxylic acids is 2. The van der Waals surface area contributed by atoms with E-state index < -0.39 is 17.3 Å². The second-order valence-corrected chi connectivity index (χ2v) is 7.84. The van der Waals surface area contributed by atoms with Crippen molar-refractivity contribution >= 4 is 46.4 Å². The number of aryl methyl sites for hydroxylation is 1. The predicted molar refractivity (Wildman–Crippen MR) is 117 cm³/mol. The van der Waals surface area contributed by atoms with E-state index in [4.69, 9.17) is 23.5 Å². The van der Waals surface area contributed by atoms with Gasteiger partial charge in [-0.3, -0.25) is 9.69 Å². The minimum atomic E-state index is -0.888. The summed E-state index contributed by atoms with van der Waals surface area (Å²) in [6, 6.07) is 5.83. The number of benzene rings is 1. The van der Waals surface area contributed by atoms with E-state index in [1.54, 1.807) is 30.9 Å². The number of anilines is 2. The second-order valence-electron chi connectivity index (χ2n) is 7.47. The van der Waals surface area contributed by atoms with Gasteiger partial charge in [0.1, 0.15) is 17.6 Å². The third kappa shape index (κ3) is 3.15. The topological polar surface area (TPSA) is 67.1 Å². The first-order valence-corrected chi connectivity index (χ1v) is 10.2. The van der Waals surface area contributed by atoms with Crippen molar-refractivity contribution in [3.8, 4) is 0 Å². The zero-order chi connectivity index (χ0) is 22.3. The van der Waals surface area contributed by atoms with Crippen molar-refractivity contribution in [3.63, 3.8) is 0 Å². The first-order chi connectivity index (χ1) is 14.8. The van der Waals surface area contributed by atoms with Gasteiger partial charge >= 0.3 is 5.97 Å². The lowest BCUT2D eigenvalue weighted by atomic mass is 9.75. The predicted octanol–water partition coefficient (Wildman–Crippen LogP) is 4.32. The highest BCUT2D eigenvalue weighted by atomic mass is 32.1. The highest BCUT2D eigenvalue weighted by molar-refractivity contribution is 7.81. The molecular weight excluding hydrogens is 419 g/mol. The number of pyridine rings is 1. The third-order valence-electron chi connectivity index (χ3n) is 5.70. The van der Waals surface area contributed by atoms with Crippen molar-refractivity contribution in [3.05, 3.63) is 58.8 Å². The van der Waals surface area contributed by atoms with Gasteiger partial charge in [0.15, 0.2) is 5.11 Å². The number of hydrogen-bond donors (Lipinski definition) is 0. The Morgan fingerprint density at radius 2 is 2.10 bits per heavy atom. The number of aromatic nitrogens is 1. The van der Waals surface area contributed by atoms with Crippen LogP contribution in [-0.2, 0) is 9.53 Å². The molecular formula is C22H19FN4O3S. The summed E-state index contributed by atoms with van der Waals surface area (Å²) in [6.07, 6.45) is 3.45. The van der Waals surface area contributed by atoms with Gasteiger partial charge in [0.05, 0.1) is 17.9 Å². The van der Waals surface area contributed by atoms with Crippen molar-refractivity contribution < 1.29 is 18.7 Å². The lowest BCUT2D eigenvalue weighted by Crippen LogP contribution is -2.55. The molecule has 0 unspecified atom stereocenters. The number of ether oxygens (including phenoxy) is 1. The van der Waals surface area contributed by atoms with Crippen molar-refractivity contribution in [2.45, 2.75) is 38.6 Å². The summed E-state index contributed by atoms with van der Waals surface area (Å²) in [7, 11) is 0. The molecule has 1 saturated heterocycles. The van der Waals surface area contributed by atoms with Crippen LogP contribution in [0.1, 0.15) is 42.1 Å². The van der Waals surface area contributed by atoms with Crippen LogP contribution in [0.5, 0.6) is 0 Å². The number of esters is 1. The van der Waals surface area contributed by atoms with Gasteiger partial charge < -0.3 is 14.5 Å². The molecule has 2 heterocycles. The van der Waals surface area contributed by atoms with Crippen LogP contribution in [0.2, 0.25) is 0 Å². The Bertz CT molecular complexity index is 1160. The highest BCUT2D eigenvalue weighted by Crippen LogP contribution is 2.48. The number of rotatable bonds is 4. The summed E-state index contributed by atoms with van der Waals surface area (Å²) in [6.45, 7) is 10.7. The van der Waals surface area contributed by atoms with E-state index in [9.17, 15) is 14.0 Å². The molecule has 0 N–H and O–H groups in total. The maximum Gasteiger partial charge on any atom is 0.341 e. The standard InChI is InChI=1S/C22H19FN4O3S/c1-4-30-19(28)16-7-6-14(11-17(16)23)27-21(31)26(20(29)22(27)8-5-9-22)15-10-13(2)18(24-3)25-12-15/h6-7,10-12H,4-5,8-9H2,1-2H3. The number of nitrogens with zero attached hydrogens (tertiary/aromatic N) is 4. The SMILES string of the molecule is [C-]#[N+]c1ncc(N2C(=O)C3(CCC3)N(c3ccc(C(=O)OCC)c(F)c3)C2=S)cc1C. The number of thiocarbonyl (C=S) groups is 1. The van der Waals surface area contributed by atoms with Crippen LogP contribution in [0, 0.1) is 19.3 Å². The zero-order valence-corrected chi connectivity index (χ0v) is 17.8. The van der Waals surface area contributed by atoms with E-state index in [-0.39, 0.29) is 29.0 Å². The molecule has 1 saturated carbocycles. The lowest BCUT2D eigenvalue weighted by molar-refractivity contribution is -0.123. The summed E-state index contributed by atoms with van der Waals surface area (Å²) >= 11 is 5.65. The molecule has 0 atom stereocenters. The fraction of sp³-hybridized carbons (Fsp3) is 0.318. The van der Waals surface area contributed by atoms with Gasteiger partial charge in [-0.05, 0) is 75.2 Å². The number of amides is 1. The van der Waals surface area contributed by atoms with E-state index in [2.05, 4.69) is 9.83 Å². The normalized spacial score (nSPS) is 17.0. The fourth-order valence-corrected chi connectivity index (χ4v) is 4.49. The molecule has 2 aromatic rings. The monoisotopic (exact) mass is 438 g/mol.